The van der Waals surface area contributed by atoms with Crippen molar-refractivity contribution in [1.29, 1.82) is 0 Å². The molecule has 1 heterocycles. The van der Waals surface area contributed by atoms with Crippen molar-refractivity contribution >= 4 is 11.7 Å². The van der Waals surface area contributed by atoms with E-state index in [1.54, 1.807) is 24.3 Å². The fourth-order valence-electron chi connectivity index (χ4n) is 3.94. The van der Waals surface area contributed by atoms with Crippen LogP contribution in [0.1, 0.15) is 42.1 Å². The second-order valence-corrected chi connectivity index (χ2v) is 8.06. The van der Waals surface area contributed by atoms with Gasteiger partial charge in [-0.15, -0.1) is 0 Å². The first-order valence-corrected chi connectivity index (χ1v) is 10.8. The van der Waals surface area contributed by atoms with E-state index in [0.29, 0.717) is 11.3 Å². The minimum Gasteiger partial charge on any atom is -0.484 e. The summed E-state index contributed by atoms with van der Waals surface area (Å²) in [4.78, 5) is 28.3. The summed E-state index contributed by atoms with van der Waals surface area (Å²) in [5.74, 6) is 0.609. The third-order valence-corrected chi connectivity index (χ3v) is 5.83. The van der Waals surface area contributed by atoms with Crippen molar-refractivity contribution in [3.63, 3.8) is 0 Å². The average molecular weight is 409 g/mol. The molecule has 1 aliphatic heterocycles. The van der Waals surface area contributed by atoms with Gasteiger partial charge in [0.15, 0.2) is 12.4 Å². The Morgan fingerprint density at radius 1 is 1.10 bits per heavy atom. The zero-order valence-corrected chi connectivity index (χ0v) is 18.0. The van der Waals surface area contributed by atoms with Crippen LogP contribution in [0.25, 0.3) is 0 Å². The van der Waals surface area contributed by atoms with Gasteiger partial charge in [-0.3, -0.25) is 9.59 Å². The molecule has 5 nitrogen and oxygen atoms in total. The minimum absolute atomic E-state index is 0.0122. The van der Waals surface area contributed by atoms with E-state index in [0.717, 1.165) is 45.3 Å². The Labute approximate surface area is 179 Å². The molecule has 0 radical (unpaired) electrons. The Morgan fingerprint density at radius 2 is 1.83 bits per heavy atom. The lowest BCUT2D eigenvalue weighted by Gasteiger charge is -2.37. The maximum absolute atomic E-state index is 12.6. The highest BCUT2D eigenvalue weighted by atomic mass is 16.5. The maximum Gasteiger partial charge on any atom is 0.260 e. The first-order valence-electron chi connectivity index (χ1n) is 10.8. The number of hydrogen-bond donors (Lipinski definition) is 0. The Hall–Kier alpha value is -2.66. The molecule has 0 bridgehead atoms. The van der Waals surface area contributed by atoms with Crippen LogP contribution in [-0.4, -0.2) is 60.8 Å². The molecule has 30 heavy (non-hydrogen) atoms. The Morgan fingerprint density at radius 3 is 2.53 bits per heavy atom. The van der Waals surface area contributed by atoms with Gasteiger partial charge in [-0.05, 0) is 75.5 Å². The Balaban J connectivity index is 1.42. The number of rotatable bonds is 9. The molecule has 1 atom stereocenters. The average Bonchev–Trinajstić information content (AvgIpc) is 2.78. The van der Waals surface area contributed by atoms with Crippen LogP contribution in [0.15, 0.2) is 54.6 Å². The van der Waals surface area contributed by atoms with E-state index < -0.39 is 0 Å². The first kappa shape index (κ1) is 22.0. The van der Waals surface area contributed by atoms with Gasteiger partial charge in [0.1, 0.15) is 5.75 Å². The molecule has 0 spiro atoms. The number of ketones is 1. The van der Waals surface area contributed by atoms with Crippen molar-refractivity contribution in [1.82, 2.24) is 9.80 Å². The largest absolute Gasteiger partial charge is 0.484 e. The van der Waals surface area contributed by atoms with Crippen molar-refractivity contribution in [2.75, 3.05) is 33.3 Å². The SMILES string of the molecule is CC(=O)c1ccc(OCC(=O)N(C)[C@H]2CCCN(CCCc3ccccc3)C2)cc1. The van der Waals surface area contributed by atoms with E-state index in [9.17, 15) is 9.59 Å². The normalized spacial score (nSPS) is 16.8. The zero-order valence-electron chi connectivity index (χ0n) is 18.0. The number of likely N-dealkylation sites (N-methyl/N-ethyl adjacent to an activating group) is 1. The summed E-state index contributed by atoms with van der Waals surface area (Å²) in [6.07, 6.45) is 4.37. The third kappa shape index (κ3) is 6.42. The highest BCUT2D eigenvalue weighted by molar-refractivity contribution is 5.94. The fourth-order valence-corrected chi connectivity index (χ4v) is 3.94. The summed E-state index contributed by atoms with van der Waals surface area (Å²) in [7, 11) is 1.88. The molecule has 5 heteroatoms. The predicted octanol–water partition coefficient (Wildman–Crippen LogP) is 3.82. The van der Waals surface area contributed by atoms with Crippen LogP contribution in [0, 0.1) is 0 Å². The van der Waals surface area contributed by atoms with E-state index in [1.807, 2.05) is 11.9 Å². The van der Waals surface area contributed by atoms with Gasteiger partial charge in [0.25, 0.3) is 5.91 Å². The summed E-state index contributed by atoms with van der Waals surface area (Å²) in [6, 6.07) is 17.7. The minimum atomic E-state index is -0.0122. The summed E-state index contributed by atoms with van der Waals surface area (Å²) in [5.41, 5.74) is 2.02. The van der Waals surface area contributed by atoms with Crippen LogP contribution >= 0.6 is 0 Å². The molecule has 1 saturated heterocycles. The number of likely N-dealkylation sites (tertiary alicyclic amines) is 1. The highest BCUT2D eigenvalue weighted by Gasteiger charge is 2.26. The van der Waals surface area contributed by atoms with E-state index in [2.05, 4.69) is 35.2 Å². The van der Waals surface area contributed by atoms with Crippen molar-refractivity contribution in [3.05, 3.63) is 65.7 Å². The summed E-state index contributed by atoms with van der Waals surface area (Å²) < 4.78 is 5.64. The van der Waals surface area contributed by atoms with E-state index >= 15 is 0 Å². The van der Waals surface area contributed by atoms with Crippen LogP contribution in [-0.2, 0) is 11.2 Å². The van der Waals surface area contributed by atoms with E-state index in [1.165, 1.54) is 12.5 Å². The fraction of sp³-hybridized carbons (Fsp3) is 0.440. The maximum atomic E-state index is 12.6. The topological polar surface area (TPSA) is 49.9 Å². The van der Waals surface area contributed by atoms with E-state index in [4.69, 9.17) is 4.74 Å². The van der Waals surface area contributed by atoms with Crippen LogP contribution in [0.3, 0.4) is 0 Å². The number of ether oxygens (including phenoxy) is 1. The van der Waals surface area contributed by atoms with Gasteiger partial charge in [0, 0.05) is 25.2 Å². The molecule has 160 valence electrons. The molecule has 1 amide bonds. The molecule has 0 unspecified atom stereocenters. The summed E-state index contributed by atoms with van der Waals surface area (Å²) in [5, 5.41) is 0. The number of aryl methyl sites for hydroxylation is 1. The number of piperidine rings is 1. The van der Waals surface area contributed by atoms with Crippen LogP contribution in [0.4, 0.5) is 0 Å². The lowest BCUT2D eigenvalue weighted by Crippen LogP contribution is -2.49. The lowest BCUT2D eigenvalue weighted by atomic mass is 10.0. The second kappa shape index (κ2) is 10.9. The molecule has 2 aromatic rings. The molecule has 1 fully saturated rings. The number of benzene rings is 2. The van der Waals surface area contributed by atoms with Crippen LogP contribution in [0.5, 0.6) is 5.75 Å². The third-order valence-electron chi connectivity index (χ3n) is 5.83. The van der Waals surface area contributed by atoms with Gasteiger partial charge in [-0.2, -0.15) is 0 Å². The van der Waals surface area contributed by atoms with Crippen LogP contribution < -0.4 is 4.74 Å². The quantitative estimate of drug-likeness (QED) is 0.592. The van der Waals surface area contributed by atoms with Crippen molar-refractivity contribution in [2.45, 2.75) is 38.6 Å². The smallest absolute Gasteiger partial charge is 0.260 e. The van der Waals surface area contributed by atoms with Crippen molar-refractivity contribution < 1.29 is 14.3 Å². The molecule has 0 N–H and O–H groups in total. The lowest BCUT2D eigenvalue weighted by molar-refractivity contribution is -0.135. The number of hydrogen-bond acceptors (Lipinski definition) is 4. The van der Waals surface area contributed by atoms with E-state index in [-0.39, 0.29) is 24.3 Å². The van der Waals surface area contributed by atoms with Gasteiger partial charge in [0.05, 0.1) is 0 Å². The molecule has 0 aliphatic carbocycles. The Bertz CT molecular complexity index is 820. The van der Waals surface area contributed by atoms with Gasteiger partial charge < -0.3 is 14.5 Å². The second-order valence-electron chi connectivity index (χ2n) is 8.06. The molecule has 0 saturated carbocycles. The zero-order chi connectivity index (χ0) is 21.3. The molecule has 1 aliphatic rings. The van der Waals surface area contributed by atoms with Gasteiger partial charge >= 0.3 is 0 Å². The molecule has 0 aromatic heterocycles. The predicted molar refractivity (Wildman–Crippen MR) is 119 cm³/mol. The van der Waals surface area contributed by atoms with Gasteiger partial charge in [-0.1, -0.05) is 30.3 Å². The molecular formula is C25H32N2O3. The van der Waals surface area contributed by atoms with Crippen molar-refractivity contribution in [2.24, 2.45) is 0 Å². The summed E-state index contributed by atoms with van der Waals surface area (Å²) in [6.45, 7) is 4.63. The number of carbonyl (C=O) groups is 2. The van der Waals surface area contributed by atoms with Gasteiger partial charge in [0.2, 0.25) is 0 Å². The van der Waals surface area contributed by atoms with Crippen LogP contribution in [0.2, 0.25) is 0 Å². The highest BCUT2D eigenvalue weighted by Crippen LogP contribution is 2.17. The molecular weight excluding hydrogens is 376 g/mol. The first-order chi connectivity index (χ1) is 14.5. The number of carbonyl (C=O) groups excluding carboxylic acids is 2. The number of nitrogens with zero attached hydrogens (tertiary/aromatic N) is 2. The molecule has 2 aromatic carbocycles. The number of amides is 1. The monoisotopic (exact) mass is 408 g/mol. The van der Waals surface area contributed by atoms with Crippen molar-refractivity contribution in [3.8, 4) is 5.75 Å². The standard InChI is InChI=1S/C25H32N2O3/c1-20(28)22-12-14-24(15-13-22)30-19-25(29)26(2)23-11-7-17-27(18-23)16-6-10-21-8-4-3-5-9-21/h3-5,8-9,12-15,23H,6-7,10-11,16-19H2,1-2H3/t23-/m0/s1. The van der Waals surface area contributed by atoms with Gasteiger partial charge in [-0.25, -0.2) is 0 Å². The Kier molecular flexibility index (Phi) is 8.03. The number of Topliss-reactive ketones (excluding diaryl/α,β-unsaturated/α-hetero) is 1. The molecule has 3 rings (SSSR count). The summed E-state index contributed by atoms with van der Waals surface area (Å²) >= 11 is 0.